The standard InChI is InChI=1S/C10H16N4O2/c1-16-8-9(12-5-13-10(8)15)14-7-4-2-3-6(7)11/h5-7H,2-4,11H2,1H3,(H2,12,13,14,15). The molecule has 2 rings (SSSR count). The van der Waals surface area contributed by atoms with Gasteiger partial charge in [-0.1, -0.05) is 0 Å². The number of hydrogen-bond acceptors (Lipinski definition) is 5. The highest BCUT2D eigenvalue weighted by Gasteiger charge is 2.25. The second-order valence-electron chi connectivity index (χ2n) is 3.96. The van der Waals surface area contributed by atoms with E-state index in [1.165, 1.54) is 13.4 Å². The molecule has 0 spiro atoms. The van der Waals surface area contributed by atoms with Crippen LogP contribution in [0.5, 0.6) is 5.75 Å². The lowest BCUT2D eigenvalue weighted by atomic mass is 10.2. The van der Waals surface area contributed by atoms with E-state index in [0.29, 0.717) is 5.82 Å². The maximum Gasteiger partial charge on any atom is 0.295 e. The van der Waals surface area contributed by atoms with E-state index < -0.39 is 0 Å². The Morgan fingerprint density at radius 2 is 2.44 bits per heavy atom. The summed E-state index contributed by atoms with van der Waals surface area (Å²) in [4.78, 5) is 18.0. The molecule has 1 aliphatic carbocycles. The van der Waals surface area contributed by atoms with Crippen molar-refractivity contribution in [2.45, 2.75) is 31.3 Å². The molecule has 6 heteroatoms. The quantitative estimate of drug-likeness (QED) is 0.675. The fourth-order valence-electron chi connectivity index (χ4n) is 2.02. The van der Waals surface area contributed by atoms with Crippen molar-refractivity contribution in [3.63, 3.8) is 0 Å². The van der Waals surface area contributed by atoms with E-state index in [1.54, 1.807) is 0 Å². The Morgan fingerprint density at radius 1 is 1.62 bits per heavy atom. The van der Waals surface area contributed by atoms with Crippen LogP contribution in [0.1, 0.15) is 19.3 Å². The number of aromatic nitrogens is 2. The number of ether oxygens (including phenoxy) is 1. The number of aromatic amines is 1. The van der Waals surface area contributed by atoms with Crippen LogP contribution in [0, 0.1) is 0 Å². The molecule has 1 aromatic rings. The van der Waals surface area contributed by atoms with Crippen molar-refractivity contribution in [2.24, 2.45) is 5.73 Å². The number of hydrogen-bond donors (Lipinski definition) is 3. The smallest absolute Gasteiger partial charge is 0.295 e. The maximum absolute atomic E-state index is 11.4. The van der Waals surface area contributed by atoms with Crippen molar-refractivity contribution in [3.05, 3.63) is 16.7 Å². The highest BCUT2D eigenvalue weighted by molar-refractivity contribution is 5.49. The van der Waals surface area contributed by atoms with Crippen molar-refractivity contribution in [2.75, 3.05) is 12.4 Å². The summed E-state index contributed by atoms with van der Waals surface area (Å²) in [5.74, 6) is 0.676. The Hall–Kier alpha value is -1.56. The van der Waals surface area contributed by atoms with Crippen LogP contribution in [-0.2, 0) is 0 Å². The van der Waals surface area contributed by atoms with E-state index in [9.17, 15) is 4.79 Å². The van der Waals surface area contributed by atoms with Gasteiger partial charge < -0.3 is 20.8 Å². The minimum Gasteiger partial charge on any atom is -0.489 e. The summed E-state index contributed by atoms with van der Waals surface area (Å²) in [5, 5.41) is 3.17. The van der Waals surface area contributed by atoms with Crippen LogP contribution in [0.25, 0.3) is 0 Å². The summed E-state index contributed by atoms with van der Waals surface area (Å²) in [6, 6.07) is 0.286. The molecule has 2 atom stereocenters. The third-order valence-corrected chi connectivity index (χ3v) is 2.91. The zero-order valence-corrected chi connectivity index (χ0v) is 9.19. The van der Waals surface area contributed by atoms with Crippen LogP contribution >= 0.6 is 0 Å². The van der Waals surface area contributed by atoms with Gasteiger partial charge in [0.25, 0.3) is 5.56 Å². The number of rotatable bonds is 3. The van der Waals surface area contributed by atoms with Crippen LogP contribution in [0.4, 0.5) is 5.82 Å². The Kier molecular flexibility index (Phi) is 3.09. The minimum atomic E-state index is -0.286. The van der Waals surface area contributed by atoms with Gasteiger partial charge in [0, 0.05) is 12.1 Å². The minimum absolute atomic E-state index is 0.116. The van der Waals surface area contributed by atoms with E-state index in [1.807, 2.05) is 0 Å². The Morgan fingerprint density at radius 3 is 3.06 bits per heavy atom. The molecular weight excluding hydrogens is 208 g/mol. The number of H-pyrrole nitrogens is 1. The van der Waals surface area contributed by atoms with Gasteiger partial charge in [-0.25, -0.2) is 4.98 Å². The maximum atomic E-state index is 11.4. The number of methoxy groups -OCH3 is 1. The van der Waals surface area contributed by atoms with Gasteiger partial charge >= 0.3 is 0 Å². The molecule has 88 valence electrons. The van der Waals surface area contributed by atoms with Crippen molar-refractivity contribution in [1.29, 1.82) is 0 Å². The summed E-state index contributed by atoms with van der Waals surface area (Å²) < 4.78 is 5.01. The zero-order valence-electron chi connectivity index (χ0n) is 9.19. The van der Waals surface area contributed by atoms with E-state index >= 15 is 0 Å². The first-order valence-electron chi connectivity index (χ1n) is 5.36. The first kappa shape index (κ1) is 10.9. The summed E-state index contributed by atoms with van der Waals surface area (Å²) in [5.41, 5.74) is 5.65. The summed E-state index contributed by atoms with van der Waals surface area (Å²) in [6.07, 6.45) is 4.46. The van der Waals surface area contributed by atoms with Gasteiger partial charge in [-0.05, 0) is 19.3 Å². The van der Waals surface area contributed by atoms with Crippen molar-refractivity contribution >= 4 is 5.82 Å². The molecule has 0 bridgehead atoms. The molecule has 0 amide bonds. The van der Waals surface area contributed by atoms with Gasteiger partial charge in [-0.15, -0.1) is 0 Å². The molecule has 6 nitrogen and oxygen atoms in total. The Balaban J connectivity index is 2.20. The lowest BCUT2D eigenvalue weighted by Crippen LogP contribution is -2.36. The zero-order chi connectivity index (χ0) is 11.5. The van der Waals surface area contributed by atoms with Crippen LogP contribution < -0.4 is 21.3 Å². The van der Waals surface area contributed by atoms with Crippen LogP contribution in [0.2, 0.25) is 0 Å². The fourth-order valence-corrected chi connectivity index (χ4v) is 2.02. The van der Waals surface area contributed by atoms with Crippen LogP contribution in [0.3, 0.4) is 0 Å². The van der Waals surface area contributed by atoms with Gasteiger partial charge in [-0.2, -0.15) is 0 Å². The molecule has 1 heterocycles. The number of anilines is 1. The summed E-state index contributed by atoms with van der Waals surface area (Å²) in [7, 11) is 1.45. The van der Waals surface area contributed by atoms with Crippen LogP contribution in [-0.4, -0.2) is 29.2 Å². The molecule has 1 aliphatic rings. The highest BCUT2D eigenvalue weighted by atomic mass is 16.5. The second kappa shape index (κ2) is 4.52. The third-order valence-electron chi connectivity index (χ3n) is 2.91. The molecule has 4 N–H and O–H groups in total. The normalized spacial score (nSPS) is 24.4. The largest absolute Gasteiger partial charge is 0.489 e. The molecule has 1 saturated carbocycles. The van der Waals surface area contributed by atoms with Crippen molar-refractivity contribution < 1.29 is 4.74 Å². The molecule has 0 saturated heterocycles. The van der Waals surface area contributed by atoms with Gasteiger partial charge in [0.15, 0.2) is 5.82 Å². The number of nitrogens with one attached hydrogen (secondary N) is 2. The molecule has 0 radical (unpaired) electrons. The molecule has 16 heavy (non-hydrogen) atoms. The first-order chi connectivity index (χ1) is 7.72. The Bertz CT molecular complexity index is 418. The number of nitrogens with zero attached hydrogens (tertiary/aromatic N) is 1. The van der Waals surface area contributed by atoms with Gasteiger partial charge in [0.1, 0.15) is 0 Å². The van der Waals surface area contributed by atoms with Gasteiger partial charge in [-0.3, -0.25) is 4.79 Å². The fraction of sp³-hybridized carbons (Fsp3) is 0.600. The third kappa shape index (κ3) is 2.01. The molecular formula is C10H16N4O2. The predicted octanol–water partition coefficient (Wildman–Crippen LogP) is 0.0702. The second-order valence-corrected chi connectivity index (χ2v) is 3.96. The topological polar surface area (TPSA) is 93.0 Å². The van der Waals surface area contributed by atoms with E-state index in [4.69, 9.17) is 10.5 Å². The van der Waals surface area contributed by atoms with E-state index in [-0.39, 0.29) is 23.4 Å². The summed E-state index contributed by atoms with van der Waals surface area (Å²) >= 11 is 0. The van der Waals surface area contributed by atoms with Gasteiger partial charge in [0.2, 0.25) is 5.75 Å². The summed E-state index contributed by atoms with van der Waals surface area (Å²) in [6.45, 7) is 0. The SMILES string of the molecule is COc1c(NC2CCCC2N)nc[nH]c1=O. The Labute approximate surface area is 93.2 Å². The van der Waals surface area contributed by atoms with Crippen LogP contribution in [0.15, 0.2) is 11.1 Å². The average molecular weight is 224 g/mol. The lowest BCUT2D eigenvalue weighted by molar-refractivity contribution is 0.407. The van der Waals surface area contributed by atoms with Gasteiger partial charge in [0.05, 0.1) is 13.4 Å². The van der Waals surface area contributed by atoms with Crippen molar-refractivity contribution in [1.82, 2.24) is 9.97 Å². The highest BCUT2D eigenvalue weighted by Crippen LogP contribution is 2.23. The first-order valence-corrected chi connectivity index (χ1v) is 5.36. The molecule has 1 aromatic heterocycles. The molecule has 0 aromatic carbocycles. The van der Waals surface area contributed by atoms with Crippen molar-refractivity contribution in [3.8, 4) is 5.75 Å². The molecule has 1 fully saturated rings. The predicted molar refractivity (Wildman–Crippen MR) is 60.6 cm³/mol. The number of nitrogens with two attached hydrogens (primary N) is 1. The van der Waals surface area contributed by atoms with E-state index in [0.717, 1.165) is 19.3 Å². The lowest BCUT2D eigenvalue weighted by Gasteiger charge is -2.18. The molecule has 0 aliphatic heterocycles. The molecule has 2 unspecified atom stereocenters. The monoisotopic (exact) mass is 224 g/mol. The van der Waals surface area contributed by atoms with E-state index in [2.05, 4.69) is 15.3 Å². The average Bonchev–Trinajstić information content (AvgIpc) is 2.65.